The van der Waals surface area contributed by atoms with Crippen molar-refractivity contribution in [3.8, 4) is 0 Å². The summed E-state index contributed by atoms with van der Waals surface area (Å²) in [7, 11) is 0. The summed E-state index contributed by atoms with van der Waals surface area (Å²) in [5, 5.41) is 14.2. The third kappa shape index (κ3) is 7.46. The number of nitrogens with zero attached hydrogens (tertiary/aromatic N) is 2. The Bertz CT molecular complexity index is 1400. The first-order valence-corrected chi connectivity index (χ1v) is 11.3. The lowest BCUT2D eigenvalue weighted by atomic mass is 10.2. The smallest absolute Gasteiger partial charge is 0.248 e. The molecule has 4 rings (SSSR count). The standard InChI is InChI=1S/C30H24N4O2/c35-29(20-16-23-10-4-1-5-11-23)31-26-18-19-27(34-33-25-14-8-3-9-15-25)28(22-26)32-30(36)21-17-24-12-6-2-7-13-24/h1-22H,(H,31,35)(H,32,36)/b20-16+,21-17+,34-33?. The van der Waals surface area contributed by atoms with Crippen LogP contribution in [0.2, 0.25) is 0 Å². The molecule has 0 aliphatic carbocycles. The number of rotatable bonds is 8. The number of amides is 2. The van der Waals surface area contributed by atoms with Gasteiger partial charge in [0.25, 0.3) is 0 Å². The number of anilines is 2. The minimum absolute atomic E-state index is 0.293. The van der Waals surface area contributed by atoms with Gasteiger partial charge in [-0.2, -0.15) is 5.11 Å². The molecule has 0 aliphatic heterocycles. The molecule has 36 heavy (non-hydrogen) atoms. The first-order chi connectivity index (χ1) is 17.7. The highest BCUT2D eigenvalue weighted by Crippen LogP contribution is 2.30. The molecule has 0 bridgehead atoms. The van der Waals surface area contributed by atoms with Crippen LogP contribution in [0.15, 0.2) is 132 Å². The summed E-state index contributed by atoms with van der Waals surface area (Å²) in [5.41, 5.74) is 3.89. The van der Waals surface area contributed by atoms with E-state index in [4.69, 9.17) is 0 Å². The van der Waals surface area contributed by atoms with E-state index < -0.39 is 0 Å². The Morgan fingerprint density at radius 3 is 1.69 bits per heavy atom. The van der Waals surface area contributed by atoms with Gasteiger partial charge in [-0.05, 0) is 53.6 Å². The molecule has 2 amide bonds. The molecule has 6 heteroatoms. The summed E-state index contributed by atoms with van der Waals surface area (Å²) in [6.45, 7) is 0. The Kier molecular flexibility index (Phi) is 8.27. The lowest BCUT2D eigenvalue weighted by molar-refractivity contribution is -0.112. The van der Waals surface area contributed by atoms with Crippen LogP contribution in [0.4, 0.5) is 22.7 Å². The van der Waals surface area contributed by atoms with Crippen molar-refractivity contribution in [1.82, 2.24) is 0 Å². The van der Waals surface area contributed by atoms with E-state index in [1.165, 1.54) is 12.2 Å². The first-order valence-electron chi connectivity index (χ1n) is 11.3. The third-order valence-electron chi connectivity index (χ3n) is 5.00. The second-order valence-corrected chi connectivity index (χ2v) is 7.73. The van der Waals surface area contributed by atoms with Crippen molar-refractivity contribution in [3.05, 3.63) is 132 Å². The van der Waals surface area contributed by atoms with Gasteiger partial charge >= 0.3 is 0 Å². The molecule has 2 N–H and O–H groups in total. The average molecular weight is 473 g/mol. The maximum Gasteiger partial charge on any atom is 0.248 e. The van der Waals surface area contributed by atoms with Crippen LogP contribution in [0, 0.1) is 0 Å². The van der Waals surface area contributed by atoms with Crippen LogP contribution in [0.25, 0.3) is 12.2 Å². The molecular formula is C30H24N4O2. The lowest BCUT2D eigenvalue weighted by Crippen LogP contribution is -2.10. The molecule has 4 aromatic rings. The van der Waals surface area contributed by atoms with Gasteiger partial charge in [0.1, 0.15) is 5.69 Å². The summed E-state index contributed by atoms with van der Waals surface area (Å²) >= 11 is 0. The lowest BCUT2D eigenvalue weighted by Gasteiger charge is -2.09. The van der Waals surface area contributed by atoms with Crippen LogP contribution in [-0.4, -0.2) is 11.8 Å². The molecule has 0 atom stereocenters. The Morgan fingerprint density at radius 1 is 0.583 bits per heavy atom. The molecule has 6 nitrogen and oxygen atoms in total. The fourth-order valence-corrected chi connectivity index (χ4v) is 3.24. The zero-order valence-electron chi connectivity index (χ0n) is 19.4. The third-order valence-corrected chi connectivity index (χ3v) is 5.00. The van der Waals surface area contributed by atoms with E-state index in [9.17, 15) is 9.59 Å². The Labute approximate surface area is 209 Å². The summed E-state index contributed by atoms with van der Waals surface area (Å²) in [4.78, 5) is 25.1. The molecule has 0 aliphatic rings. The number of hydrogen-bond donors (Lipinski definition) is 2. The van der Waals surface area contributed by atoms with Gasteiger partial charge in [0.2, 0.25) is 11.8 Å². The minimum Gasteiger partial charge on any atom is -0.322 e. The van der Waals surface area contributed by atoms with E-state index in [0.29, 0.717) is 22.7 Å². The number of azo groups is 1. The molecule has 0 unspecified atom stereocenters. The fourth-order valence-electron chi connectivity index (χ4n) is 3.24. The van der Waals surface area contributed by atoms with Gasteiger partial charge in [-0.15, -0.1) is 5.11 Å². The normalized spacial score (nSPS) is 11.2. The summed E-state index contributed by atoms with van der Waals surface area (Å²) < 4.78 is 0. The van der Waals surface area contributed by atoms with Crippen molar-refractivity contribution < 1.29 is 9.59 Å². The summed E-state index contributed by atoms with van der Waals surface area (Å²) in [5.74, 6) is -0.624. The predicted octanol–water partition coefficient (Wildman–Crippen LogP) is 7.41. The number of nitrogens with one attached hydrogen (secondary N) is 2. The molecule has 0 fully saturated rings. The highest BCUT2D eigenvalue weighted by molar-refractivity contribution is 6.05. The van der Waals surface area contributed by atoms with E-state index in [2.05, 4.69) is 20.9 Å². The molecule has 0 spiro atoms. The predicted molar refractivity (Wildman–Crippen MR) is 145 cm³/mol. The van der Waals surface area contributed by atoms with Gasteiger partial charge in [-0.3, -0.25) is 9.59 Å². The Balaban J connectivity index is 1.53. The zero-order chi connectivity index (χ0) is 25.0. The fraction of sp³-hybridized carbons (Fsp3) is 0. The molecule has 4 aromatic carbocycles. The van der Waals surface area contributed by atoms with Crippen LogP contribution in [0.1, 0.15) is 11.1 Å². The summed E-state index contributed by atoms with van der Waals surface area (Å²) in [6.07, 6.45) is 6.36. The zero-order valence-corrected chi connectivity index (χ0v) is 19.4. The van der Waals surface area contributed by atoms with Crippen molar-refractivity contribution >= 4 is 46.7 Å². The molecule has 0 saturated carbocycles. The molecule has 0 radical (unpaired) electrons. The highest BCUT2D eigenvalue weighted by atomic mass is 16.2. The van der Waals surface area contributed by atoms with E-state index in [-0.39, 0.29) is 11.8 Å². The van der Waals surface area contributed by atoms with E-state index in [0.717, 1.165) is 11.1 Å². The van der Waals surface area contributed by atoms with Crippen molar-refractivity contribution in [2.24, 2.45) is 10.2 Å². The van der Waals surface area contributed by atoms with E-state index in [1.807, 2.05) is 91.0 Å². The second kappa shape index (κ2) is 12.4. The Morgan fingerprint density at radius 2 is 1.11 bits per heavy atom. The molecular weight excluding hydrogens is 448 g/mol. The first kappa shape index (κ1) is 24.0. The van der Waals surface area contributed by atoms with Crippen LogP contribution >= 0.6 is 0 Å². The number of benzene rings is 4. The molecule has 0 aromatic heterocycles. The van der Waals surface area contributed by atoms with Gasteiger partial charge in [-0.25, -0.2) is 0 Å². The maximum atomic E-state index is 12.6. The van der Waals surface area contributed by atoms with Gasteiger partial charge in [0.05, 0.1) is 11.4 Å². The van der Waals surface area contributed by atoms with Gasteiger partial charge in [-0.1, -0.05) is 78.9 Å². The average Bonchev–Trinajstić information content (AvgIpc) is 2.92. The molecule has 176 valence electrons. The van der Waals surface area contributed by atoms with Crippen LogP contribution in [-0.2, 0) is 9.59 Å². The van der Waals surface area contributed by atoms with Gasteiger partial charge in [0.15, 0.2) is 0 Å². The minimum atomic E-state index is -0.331. The number of hydrogen-bond acceptors (Lipinski definition) is 4. The quantitative estimate of drug-likeness (QED) is 0.207. The SMILES string of the molecule is O=C(/C=C/c1ccccc1)Nc1ccc(N=Nc2ccccc2)c(NC(=O)/C=C/c2ccccc2)c1. The monoisotopic (exact) mass is 472 g/mol. The van der Waals surface area contributed by atoms with Gasteiger partial charge < -0.3 is 10.6 Å². The van der Waals surface area contributed by atoms with Crippen molar-refractivity contribution in [2.75, 3.05) is 10.6 Å². The van der Waals surface area contributed by atoms with Crippen LogP contribution in [0.3, 0.4) is 0 Å². The summed E-state index contributed by atoms with van der Waals surface area (Å²) in [6, 6.07) is 33.4. The maximum absolute atomic E-state index is 12.6. The van der Waals surface area contributed by atoms with Crippen LogP contribution < -0.4 is 10.6 Å². The largest absolute Gasteiger partial charge is 0.322 e. The molecule has 0 heterocycles. The van der Waals surface area contributed by atoms with E-state index >= 15 is 0 Å². The van der Waals surface area contributed by atoms with E-state index in [1.54, 1.807) is 30.4 Å². The van der Waals surface area contributed by atoms with Gasteiger partial charge in [0, 0.05) is 17.8 Å². The number of carbonyl (C=O) groups is 2. The topological polar surface area (TPSA) is 82.9 Å². The van der Waals surface area contributed by atoms with Crippen molar-refractivity contribution in [2.45, 2.75) is 0 Å². The van der Waals surface area contributed by atoms with Crippen molar-refractivity contribution in [1.29, 1.82) is 0 Å². The Hall–Kier alpha value is -5.10. The highest BCUT2D eigenvalue weighted by Gasteiger charge is 2.08. The van der Waals surface area contributed by atoms with Crippen LogP contribution in [0.5, 0.6) is 0 Å². The molecule has 0 saturated heterocycles. The van der Waals surface area contributed by atoms with Crippen molar-refractivity contribution in [3.63, 3.8) is 0 Å². The second-order valence-electron chi connectivity index (χ2n) is 7.73. The number of carbonyl (C=O) groups excluding carboxylic acids is 2.